The van der Waals surface area contributed by atoms with Gasteiger partial charge < -0.3 is 14.6 Å². The fourth-order valence-corrected chi connectivity index (χ4v) is 5.69. The molecule has 31 heavy (non-hydrogen) atoms. The molecule has 0 unspecified atom stereocenters. The van der Waals surface area contributed by atoms with Crippen LogP contribution in [0.25, 0.3) is 0 Å². The Morgan fingerprint density at radius 2 is 2.00 bits per heavy atom. The molecule has 4 atom stereocenters. The molecular formula is C25H28ClNO4. The Hall–Kier alpha value is -2.08. The van der Waals surface area contributed by atoms with E-state index in [1.807, 2.05) is 30.3 Å². The normalized spacial score (nSPS) is 29.3. The molecule has 2 aromatic rings. The first-order valence-corrected chi connectivity index (χ1v) is 11.4. The third-order valence-corrected chi connectivity index (χ3v) is 7.38. The average Bonchev–Trinajstić information content (AvgIpc) is 2.74. The number of fused-ring (bicyclic) bond motifs is 4. The van der Waals surface area contributed by atoms with Crippen LogP contribution in [0.4, 0.5) is 0 Å². The van der Waals surface area contributed by atoms with E-state index in [9.17, 15) is 4.79 Å². The second-order valence-corrected chi connectivity index (χ2v) is 10.0. The maximum absolute atomic E-state index is 11.1. The summed E-state index contributed by atoms with van der Waals surface area (Å²) in [6, 6.07) is 13.0. The molecule has 6 heteroatoms. The Kier molecular flexibility index (Phi) is 5.24. The molecule has 5 nitrogen and oxygen atoms in total. The van der Waals surface area contributed by atoms with E-state index >= 15 is 0 Å². The summed E-state index contributed by atoms with van der Waals surface area (Å²) >= 11 is 6.29. The Labute approximate surface area is 187 Å². The molecule has 2 fully saturated rings. The van der Waals surface area contributed by atoms with Crippen LogP contribution in [0, 0.1) is 11.8 Å². The highest BCUT2D eigenvalue weighted by atomic mass is 35.5. The van der Waals surface area contributed by atoms with Gasteiger partial charge in [-0.1, -0.05) is 23.7 Å². The van der Waals surface area contributed by atoms with E-state index in [0.29, 0.717) is 11.5 Å². The quantitative estimate of drug-likeness (QED) is 0.711. The molecule has 0 radical (unpaired) electrons. The lowest BCUT2D eigenvalue weighted by Crippen LogP contribution is -2.55. The molecule has 164 valence electrons. The van der Waals surface area contributed by atoms with Gasteiger partial charge in [-0.3, -0.25) is 4.90 Å². The highest BCUT2D eigenvalue weighted by molar-refractivity contribution is 6.30. The highest BCUT2D eigenvalue weighted by Crippen LogP contribution is 2.53. The third-order valence-electron chi connectivity index (χ3n) is 7.14. The first kappa shape index (κ1) is 20.8. The molecule has 0 bridgehead atoms. The van der Waals surface area contributed by atoms with Crippen LogP contribution in [0.1, 0.15) is 54.3 Å². The molecule has 0 aliphatic carbocycles. The minimum atomic E-state index is -0.888. The van der Waals surface area contributed by atoms with Gasteiger partial charge >= 0.3 is 5.97 Å². The number of hydrogen-bond donors (Lipinski definition) is 1. The molecule has 3 heterocycles. The molecule has 2 saturated heterocycles. The van der Waals surface area contributed by atoms with Gasteiger partial charge in [0.2, 0.25) is 0 Å². The highest BCUT2D eigenvalue weighted by Gasteiger charge is 2.51. The van der Waals surface area contributed by atoms with Crippen LogP contribution in [0.15, 0.2) is 42.5 Å². The van der Waals surface area contributed by atoms with Crippen LogP contribution in [-0.2, 0) is 11.3 Å². The lowest BCUT2D eigenvalue weighted by Gasteiger charge is -2.53. The predicted molar refractivity (Wildman–Crippen MR) is 119 cm³/mol. The number of piperidine rings is 1. The van der Waals surface area contributed by atoms with Crippen molar-refractivity contribution in [3.8, 4) is 5.75 Å². The first-order valence-electron chi connectivity index (χ1n) is 11.0. The second-order valence-electron chi connectivity index (χ2n) is 9.61. The predicted octanol–water partition coefficient (Wildman–Crippen LogP) is 5.18. The molecule has 0 aromatic heterocycles. The fourth-order valence-electron chi connectivity index (χ4n) is 5.51. The summed E-state index contributed by atoms with van der Waals surface area (Å²) in [5.74, 6) is 0.726. The Morgan fingerprint density at radius 3 is 2.74 bits per heavy atom. The van der Waals surface area contributed by atoms with Crippen molar-refractivity contribution in [3.63, 3.8) is 0 Å². The minimum Gasteiger partial charge on any atom is -0.487 e. The second kappa shape index (κ2) is 7.80. The number of ether oxygens (including phenoxy) is 2. The standard InChI is InChI=1S/C25H28ClNO4/c1-25(2)20-11-17-14-27(13-15-3-5-16(6-4-15)24(28)29)10-9-21(17)30-23(20)19-12-18(26)7-8-22(19)31-25/h3-8,12,17,20-21,23H,9-11,13-14H2,1-2H3,(H,28,29)/t17-,20+,21+,23-/m0/s1. The minimum absolute atomic E-state index is 0.0220. The summed E-state index contributed by atoms with van der Waals surface area (Å²) in [7, 11) is 0. The molecule has 3 aliphatic rings. The van der Waals surface area contributed by atoms with Gasteiger partial charge in [0, 0.05) is 36.1 Å². The van der Waals surface area contributed by atoms with Crippen molar-refractivity contribution in [1.29, 1.82) is 0 Å². The van der Waals surface area contributed by atoms with E-state index in [-0.39, 0.29) is 23.7 Å². The van der Waals surface area contributed by atoms with Crippen LogP contribution < -0.4 is 4.74 Å². The van der Waals surface area contributed by atoms with E-state index in [1.54, 1.807) is 12.1 Å². The van der Waals surface area contributed by atoms with E-state index in [4.69, 9.17) is 26.2 Å². The van der Waals surface area contributed by atoms with Gasteiger partial charge in [-0.2, -0.15) is 0 Å². The number of carbonyl (C=O) groups is 1. The van der Waals surface area contributed by atoms with Crippen molar-refractivity contribution in [2.24, 2.45) is 11.8 Å². The number of nitrogens with zero attached hydrogens (tertiary/aromatic N) is 1. The number of rotatable bonds is 3. The van der Waals surface area contributed by atoms with Crippen molar-refractivity contribution < 1.29 is 19.4 Å². The summed E-state index contributed by atoms with van der Waals surface area (Å²) in [6.45, 7) is 7.11. The summed E-state index contributed by atoms with van der Waals surface area (Å²) < 4.78 is 13.1. The zero-order valence-electron chi connectivity index (χ0n) is 17.9. The molecule has 5 rings (SSSR count). The van der Waals surface area contributed by atoms with Gasteiger partial charge in [-0.05, 0) is 68.5 Å². The summed E-state index contributed by atoms with van der Waals surface area (Å²) in [5, 5.41) is 9.82. The van der Waals surface area contributed by atoms with Gasteiger partial charge in [0.05, 0.1) is 17.8 Å². The summed E-state index contributed by atoms with van der Waals surface area (Å²) in [6.07, 6.45) is 2.32. The Balaban J connectivity index is 1.31. The molecule has 0 amide bonds. The zero-order chi connectivity index (χ0) is 21.8. The van der Waals surface area contributed by atoms with Crippen LogP contribution in [0.3, 0.4) is 0 Å². The number of carboxylic acid groups (broad SMARTS) is 1. The number of benzene rings is 2. The van der Waals surface area contributed by atoms with E-state index < -0.39 is 5.97 Å². The monoisotopic (exact) mass is 441 g/mol. The number of carboxylic acids is 1. The van der Waals surface area contributed by atoms with Crippen molar-refractivity contribution in [1.82, 2.24) is 4.90 Å². The Morgan fingerprint density at radius 1 is 1.23 bits per heavy atom. The third kappa shape index (κ3) is 3.95. The zero-order valence-corrected chi connectivity index (χ0v) is 18.6. The van der Waals surface area contributed by atoms with E-state index in [2.05, 4.69) is 18.7 Å². The fraction of sp³-hybridized carbons (Fsp3) is 0.480. The van der Waals surface area contributed by atoms with Crippen LogP contribution in [0.2, 0.25) is 5.02 Å². The largest absolute Gasteiger partial charge is 0.487 e. The number of halogens is 1. The van der Waals surface area contributed by atoms with E-state index in [0.717, 1.165) is 54.4 Å². The van der Waals surface area contributed by atoms with Gasteiger partial charge in [-0.25, -0.2) is 4.79 Å². The molecule has 3 aliphatic heterocycles. The van der Waals surface area contributed by atoms with Gasteiger partial charge in [0.1, 0.15) is 11.4 Å². The smallest absolute Gasteiger partial charge is 0.335 e. The van der Waals surface area contributed by atoms with Gasteiger partial charge in [0.15, 0.2) is 0 Å². The van der Waals surface area contributed by atoms with Crippen molar-refractivity contribution in [2.45, 2.75) is 51.0 Å². The number of likely N-dealkylation sites (tertiary alicyclic amines) is 1. The SMILES string of the molecule is CC1(C)Oc2ccc(Cl)cc2[C@@H]2O[C@@H]3CCN(Cc4ccc(C(=O)O)cc4)C[C@@H]3C[C@H]21. The Bertz CT molecular complexity index is 990. The first-order chi connectivity index (χ1) is 14.8. The maximum Gasteiger partial charge on any atom is 0.335 e. The molecular weight excluding hydrogens is 414 g/mol. The van der Waals surface area contributed by atoms with Crippen LogP contribution in [0.5, 0.6) is 5.75 Å². The lowest BCUT2D eigenvalue weighted by atomic mass is 9.70. The number of hydrogen-bond acceptors (Lipinski definition) is 4. The molecule has 2 aromatic carbocycles. The summed E-state index contributed by atoms with van der Waals surface area (Å²) in [5.41, 5.74) is 2.25. The molecule has 0 saturated carbocycles. The lowest BCUT2D eigenvalue weighted by molar-refractivity contribution is -0.187. The molecule has 1 N–H and O–H groups in total. The van der Waals surface area contributed by atoms with E-state index in [1.165, 1.54) is 0 Å². The maximum atomic E-state index is 11.1. The number of aromatic carboxylic acids is 1. The van der Waals surface area contributed by atoms with Crippen LogP contribution >= 0.6 is 11.6 Å². The van der Waals surface area contributed by atoms with Crippen molar-refractivity contribution in [3.05, 3.63) is 64.2 Å². The van der Waals surface area contributed by atoms with Gasteiger partial charge in [0.25, 0.3) is 0 Å². The van der Waals surface area contributed by atoms with Crippen molar-refractivity contribution >= 4 is 17.6 Å². The molecule has 0 spiro atoms. The van der Waals surface area contributed by atoms with Crippen LogP contribution in [-0.4, -0.2) is 40.8 Å². The topological polar surface area (TPSA) is 59.0 Å². The average molecular weight is 442 g/mol. The van der Waals surface area contributed by atoms with Gasteiger partial charge in [-0.15, -0.1) is 0 Å². The summed E-state index contributed by atoms with van der Waals surface area (Å²) in [4.78, 5) is 13.5. The van der Waals surface area contributed by atoms with Crippen molar-refractivity contribution in [2.75, 3.05) is 13.1 Å².